The Kier molecular flexibility index (Phi) is 5.83. The average Bonchev–Trinajstić information content (AvgIpc) is 2.46. The van der Waals surface area contributed by atoms with Crippen LogP contribution in [0.25, 0.3) is 0 Å². The molecule has 0 aromatic carbocycles. The fraction of sp³-hybridized carbons (Fsp3) is 0.929. The van der Waals surface area contributed by atoms with Crippen LogP contribution >= 0.6 is 11.8 Å². The Labute approximate surface area is 115 Å². The molecule has 0 spiro atoms. The van der Waals surface area contributed by atoms with Gasteiger partial charge in [-0.05, 0) is 43.9 Å². The van der Waals surface area contributed by atoms with Gasteiger partial charge in [0.2, 0.25) is 5.91 Å². The molecule has 0 radical (unpaired) electrons. The van der Waals surface area contributed by atoms with E-state index in [1.165, 1.54) is 37.9 Å². The highest BCUT2D eigenvalue weighted by atomic mass is 32.2. The van der Waals surface area contributed by atoms with Crippen molar-refractivity contribution in [1.29, 1.82) is 0 Å². The van der Waals surface area contributed by atoms with Crippen LogP contribution in [-0.2, 0) is 4.79 Å². The summed E-state index contributed by atoms with van der Waals surface area (Å²) >= 11 is 2.02. The number of nitrogens with one attached hydrogen (secondary N) is 2. The van der Waals surface area contributed by atoms with Gasteiger partial charge in [-0.15, -0.1) is 0 Å². The summed E-state index contributed by atoms with van der Waals surface area (Å²) in [7, 11) is 0. The van der Waals surface area contributed by atoms with Gasteiger partial charge in [-0.3, -0.25) is 4.79 Å². The standard InChI is InChI=1S/C14H26N2OS/c1-2-11-6-7-15-13(9-11)14(17)16-10-12-5-3-4-8-18-12/h11-13,15H,2-10H2,1H3,(H,16,17). The van der Waals surface area contributed by atoms with E-state index in [1.54, 1.807) is 0 Å². The minimum absolute atomic E-state index is 0.0530. The van der Waals surface area contributed by atoms with Crippen molar-refractivity contribution in [2.24, 2.45) is 5.92 Å². The Hall–Kier alpha value is -0.220. The van der Waals surface area contributed by atoms with E-state index >= 15 is 0 Å². The fourth-order valence-electron chi connectivity index (χ4n) is 2.87. The van der Waals surface area contributed by atoms with Gasteiger partial charge in [0.25, 0.3) is 0 Å². The number of carbonyl (C=O) groups excluding carboxylic acids is 1. The number of hydrogen-bond acceptors (Lipinski definition) is 3. The Bertz CT molecular complexity index is 267. The van der Waals surface area contributed by atoms with Gasteiger partial charge in [0, 0.05) is 11.8 Å². The number of piperidine rings is 1. The van der Waals surface area contributed by atoms with Crippen molar-refractivity contribution in [2.45, 2.75) is 56.7 Å². The molecule has 2 aliphatic rings. The molecule has 0 aromatic rings. The molecule has 2 fully saturated rings. The molecule has 1 amide bonds. The Morgan fingerprint density at radius 2 is 2.28 bits per heavy atom. The van der Waals surface area contributed by atoms with E-state index in [9.17, 15) is 4.79 Å². The molecule has 2 rings (SSSR count). The first-order chi connectivity index (χ1) is 8.79. The van der Waals surface area contributed by atoms with Crippen LogP contribution in [0.1, 0.15) is 45.4 Å². The summed E-state index contributed by atoms with van der Waals surface area (Å²) in [6, 6.07) is 0.0530. The lowest BCUT2D eigenvalue weighted by molar-refractivity contribution is -0.124. The van der Waals surface area contributed by atoms with E-state index < -0.39 is 0 Å². The van der Waals surface area contributed by atoms with Gasteiger partial charge in [-0.1, -0.05) is 19.8 Å². The quantitative estimate of drug-likeness (QED) is 0.822. The maximum atomic E-state index is 12.1. The molecule has 2 saturated heterocycles. The predicted octanol–water partition coefficient (Wildman–Crippen LogP) is 2.17. The largest absolute Gasteiger partial charge is 0.354 e. The molecule has 3 nitrogen and oxygen atoms in total. The zero-order valence-corrected chi connectivity index (χ0v) is 12.2. The molecule has 2 heterocycles. The molecule has 0 bridgehead atoms. The lowest BCUT2D eigenvalue weighted by Gasteiger charge is -2.29. The monoisotopic (exact) mass is 270 g/mol. The number of thioether (sulfide) groups is 1. The van der Waals surface area contributed by atoms with Crippen LogP contribution in [0.4, 0.5) is 0 Å². The van der Waals surface area contributed by atoms with Gasteiger partial charge in [0.15, 0.2) is 0 Å². The van der Waals surface area contributed by atoms with Crippen molar-refractivity contribution in [3.8, 4) is 0 Å². The minimum atomic E-state index is 0.0530. The maximum Gasteiger partial charge on any atom is 0.237 e. The first kappa shape index (κ1) is 14.2. The van der Waals surface area contributed by atoms with Crippen molar-refractivity contribution in [3.05, 3.63) is 0 Å². The smallest absolute Gasteiger partial charge is 0.237 e. The second-order valence-corrected chi connectivity index (χ2v) is 6.95. The average molecular weight is 270 g/mol. The van der Waals surface area contributed by atoms with E-state index in [4.69, 9.17) is 0 Å². The first-order valence-electron chi connectivity index (χ1n) is 7.42. The van der Waals surface area contributed by atoms with Gasteiger partial charge in [-0.2, -0.15) is 11.8 Å². The molecule has 2 aliphatic heterocycles. The van der Waals surface area contributed by atoms with Gasteiger partial charge < -0.3 is 10.6 Å². The third-order valence-corrected chi connectivity index (χ3v) is 5.58. The zero-order valence-electron chi connectivity index (χ0n) is 11.4. The maximum absolute atomic E-state index is 12.1. The summed E-state index contributed by atoms with van der Waals surface area (Å²) < 4.78 is 0. The summed E-state index contributed by atoms with van der Waals surface area (Å²) in [5.74, 6) is 2.21. The first-order valence-corrected chi connectivity index (χ1v) is 8.47. The van der Waals surface area contributed by atoms with Crippen molar-refractivity contribution in [1.82, 2.24) is 10.6 Å². The lowest BCUT2D eigenvalue weighted by atomic mass is 9.90. The second-order valence-electron chi connectivity index (χ2n) is 5.54. The topological polar surface area (TPSA) is 41.1 Å². The highest BCUT2D eigenvalue weighted by Crippen LogP contribution is 2.24. The van der Waals surface area contributed by atoms with Crippen LogP contribution in [0.3, 0.4) is 0 Å². The van der Waals surface area contributed by atoms with E-state index in [0.717, 1.165) is 25.4 Å². The molecule has 0 saturated carbocycles. The Morgan fingerprint density at radius 3 is 3.00 bits per heavy atom. The number of carbonyl (C=O) groups is 1. The molecular weight excluding hydrogens is 244 g/mol. The number of hydrogen-bond donors (Lipinski definition) is 2. The highest BCUT2D eigenvalue weighted by molar-refractivity contribution is 7.99. The number of amides is 1. The van der Waals surface area contributed by atoms with E-state index in [0.29, 0.717) is 5.25 Å². The van der Waals surface area contributed by atoms with Gasteiger partial charge in [-0.25, -0.2) is 0 Å². The number of rotatable bonds is 4. The summed E-state index contributed by atoms with van der Waals surface area (Å²) in [5, 5.41) is 7.14. The van der Waals surface area contributed by atoms with Crippen LogP contribution in [0.15, 0.2) is 0 Å². The van der Waals surface area contributed by atoms with Crippen LogP contribution in [-0.4, -0.2) is 36.0 Å². The van der Waals surface area contributed by atoms with E-state index in [1.807, 2.05) is 11.8 Å². The molecule has 0 aromatic heterocycles. The van der Waals surface area contributed by atoms with Crippen molar-refractivity contribution in [3.63, 3.8) is 0 Å². The predicted molar refractivity (Wildman–Crippen MR) is 77.9 cm³/mol. The third kappa shape index (κ3) is 4.16. The van der Waals surface area contributed by atoms with Crippen molar-refractivity contribution < 1.29 is 4.79 Å². The Balaban J connectivity index is 1.70. The van der Waals surface area contributed by atoms with Gasteiger partial charge in [0.05, 0.1) is 6.04 Å². The van der Waals surface area contributed by atoms with Crippen molar-refractivity contribution >= 4 is 17.7 Å². The molecule has 104 valence electrons. The fourth-order valence-corrected chi connectivity index (χ4v) is 4.11. The summed E-state index contributed by atoms with van der Waals surface area (Å²) in [6.07, 6.45) is 7.37. The van der Waals surface area contributed by atoms with E-state index in [-0.39, 0.29) is 11.9 Å². The van der Waals surface area contributed by atoms with E-state index in [2.05, 4.69) is 17.6 Å². The summed E-state index contributed by atoms with van der Waals surface area (Å²) in [6.45, 7) is 4.08. The molecule has 2 N–H and O–H groups in total. The van der Waals surface area contributed by atoms with Gasteiger partial charge >= 0.3 is 0 Å². The summed E-state index contributed by atoms with van der Waals surface area (Å²) in [4.78, 5) is 12.1. The molecule has 3 unspecified atom stereocenters. The van der Waals surface area contributed by atoms with Crippen LogP contribution in [0, 0.1) is 5.92 Å². The molecule has 3 atom stereocenters. The molecule has 0 aliphatic carbocycles. The van der Waals surface area contributed by atoms with Crippen LogP contribution in [0.5, 0.6) is 0 Å². The highest BCUT2D eigenvalue weighted by Gasteiger charge is 2.26. The van der Waals surface area contributed by atoms with Crippen molar-refractivity contribution in [2.75, 3.05) is 18.8 Å². The molecule has 18 heavy (non-hydrogen) atoms. The zero-order chi connectivity index (χ0) is 12.8. The molecular formula is C14H26N2OS. The second kappa shape index (κ2) is 7.39. The Morgan fingerprint density at radius 1 is 1.39 bits per heavy atom. The normalized spacial score (nSPS) is 33.1. The third-order valence-electron chi connectivity index (χ3n) is 4.18. The van der Waals surface area contributed by atoms with Crippen LogP contribution in [0.2, 0.25) is 0 Å². The van der Waals surface area contributed by atoms with Crippen LogP contribution < -0.4 is 10.6 Å². The molecule has 4 heteroatoms. The summed E-state index contributed by atoms with van der Waals surface area (Å²) in [5.41, 5.74) is 0. The minimum Gasteiger partial charge on any atom is -0.354 e. The van der Waals surface area contributed by atoms with Gasteiger partial charge in [0.1, 0.15) is 0 Å². The SMILES string of the molecule is CCC1CCNC(C(=O)NCC2CCCCS2)C1. The lowest BCUT2D eigenvalue weighted by Crippen LogP contribution is -2.49.